The number of benzene rings is 1. The second-order valence-corrected chi connectivity index (χ2v) is 5.03. The van der Waals surface area contributed by atoms with Crippen molar-refractivity contribution in [2.45, 2.75) is 32.9 Å². The molecule has 1 aromatic heterocycles. The monoisotopic (exact) mass is 296 g/mol. The second kappa shape index (κ2) is 6.62. The Bertz CT molecular complexity index is 626. The number of nitrogens with zero attached hydrogens (tertiary/aromatic N) is 1. The van der Waals surface area contributed by atoms with E-state index in [1.165, 1.54) is 6.92 Å². The van der Waals surface area contributed by atoms with Gasteiger partial charge in [-0.25, -0.2) is 13.8 Å². The third kappa shape index (κ3) is 3.98. The average Bonchev–Trinajstić information content (AvgIpc) is 2.87. The molecule has 0 spiro atoms. The van der Waals surface area contributed by atoms with E-state index >= 15 is 0 Å². The standard InChI is InChI=1S/C14H18F2N4O/c1-8(14(15)16)4-13(21)18-7-9-2-3-10-11(5-9)20-12(6-17)19-10/h2-3,5,8,14H,4,6-7,17H2,1H3,(H,18,21)(H,19,20). The van der Waals surface area contributed by atoms with Crippen LogP contribution in [0.25, 0.3) is 11.0 Å². The molecule has 5 nitrogen and oxygen atoms in total. The van der Waals surface area contributed by atoms with Crippen molar-refractivity contribution in [3.63, 3.8) is 0 Å². The summed E-state index contributed by atoms with van der Waals surface area (Å²) in [6.45, 7) is 1.98. The number of alkyl halides is 2. The van der Waals surface area contributed by atoms with Gasteiger partial charge in [-0.15, -0.1) is 0 Å². The Kier molecular flexibility index (Phi) is 4.85. The van der Waals surface area contributed by atoms with E-state index in [0.29, 0.717) is 18.9 Å². The summed E-state index contributed by atoms with van der Waals surface area (Å²) in [5, 5.41) is 2.64. The minimum absolute atomic E-state index is 0.179. The zero-order valence-corrected chi connectivity index (χ0v) is 11.7. The summed E-state index contributed by atoms with van der Waals surface area (Å²) in [5.41, 5.74) is 8.02. The number of hydrogen-bond acceptors (Lipinski definition) is 3. The molecule has 1 unspecified atom stereocenters. The number of carbonyl (C=O) groups excluding carboxylic acids is 1. The Morgan fingerprint density at radius 3 is 2.90 bits per heavy atom. The Morgan fingerprint density at radius 2 is 2.24 bits per heavy atom. The number of rotatable bonds is 6. The summed E-state index contributed by atoms with van der Waals surface area (Å²) in [5.74, 6) is -0.626. The molecule has 1 atom stereocenters. The van der Waals surface area contributed by atoms with E-state index < -0.39 is 12.3 Å². The van der Waals surface area contributed by atoms with Crippen molar-refractivity contribution in [2.24, 2.45) is 11.7 Å². The normalized spacial score (nSPS) is 12.8. The Balaban J connectivity index is 1.95. The van der Waals surface area contributed by atoms with Crippen molar-refractivity contribution >= 4 is 16.9 Å². The lowest BCUT2D eigenvalue weighted by molar-refractivity contribution is -0.123. The predicted octanol–water partition coefficient (Wildman–Crippen LogP) is 1.93. The second-order valence-electron chi connectivity index (χ2n) is 5.03. The fourth-order valence-corrected chi connectivity index (χ4v) is 1.97. The third-order valence-electron chi connectivity index (χ3n) is 3.22. The maximum Gasteiger partial charge on any atom is 0.241 e. The molecule has 1 aromatic carbocycles. The number of nitrogens with one attached hydrogen (secondary N) is 2. The van der Waals surface area contributed by atoms with Gasteiger partial charge in [-0.2, -0.15) is 0 Å². The molecular formula is C14H18F2N4O. The van der Waals surface area contributed by atoms with Gasteiger partial charge in [0.25, 0.3) is 0 Å². The van der Waals surface area contributed by atoms with Gasteiger partial charge in [0.2, 0.25) is 12.3 Å². The SMILES string of the molecule is CC(CC(=O)NCc1ccc2nc(CN)[nH]c2c1)C(F)F. The molecule has 7 heteroatoms. The molecule has 4 N–H and O–H groups in total. The molecule has 21 heavy (non-hydrogen) atoms. The zero-order chi connectivity index (χ0) is 15.4. The number of halogens is 2. The van der Waals surface area contributed by atoms with Gasteiger partial charge in [-0.3, -0.25) is 4.79 Å². The molecule has 0 fully saturated rings. The molecule has 2 aromatic rings. The molecule has 0 bridgehead atoms. The summed E-state index contributed by atoms with van der Waals surface area (Å²) in [6.07, 6.45) is -2.66. The van der Waals surface area contributed by atoms with Crippen LogP contribution in [0.4, 0.5) is 8.78 Å². The van der Waals surface area contributed by atoms with Crippen LogP contribution in [0.3, 0.4) is 0 Å². The summed E-state index contributed by atoms with van der Waals surface area (Å²) < 4.78 is 24.7. The van der Waals surface area contributed by atoms with E-state index in [9.17, 15) is 13.6 Å². The van der Waals surface area contributed by atoms with Gasteiger partial charge >= 0.3 is 0 Å². The van der Waals surface area contributed by atoms with Gasteiger partial charge in [0.15, 0.2) is 0 Å². The maximum absolute atomic E-state index is 12.4. The highest BCUT2D eigenvalue weighted by atomic mass is 19.3. The Hall–Kier alpha value is -2.02. The number of fused-ring (bicyclic) bond motifs is 1. The fourth-order valence-electron chi connectivity index (χ4n) is 1.97. The summed E-state index contributed by atoms with van der Waals surface area (Å²) in [7, 11) is 0. The van der Waals surface area contributed by atoms with E-state index in [2.05, 4.69) is 15.3 Å². The molecule has 0 aliphatic rings. The molecule has 0 saturated carbocycles. The maximum atomic E-state index is 12.4. The van der Waals surface area contributed by atoms with Crippen LogP contribution in [0, 0.1) is 5.92 Å². The van der Waals surface area contributed by atoms with E-state index in [0.717, 1.165) is 16.6 Å². The number of H-pyrrole nitrogens is 1. The van der Waals surface area contributed by atoms with Crippen LogP contribution in [0.15, 0.2) is 18.2 Å². The van der Waals surface area contributed by atoms with Crippen molar-refractivity contribution in [2.75, 3.05) is 0 Å². The van der Waals surface area contributed by atoms with Crippen molar-refractivity contribution in [1.82, 2.24) is 15.3 Å². The van der Waals surface area contributed by atoms with Crippen LogP contribution in [-0.4, -0.2) is 22.3 Å². The lowest BCUT2D eigenvalue weighted by Gasteiger charge is -2.10. The lowest BCUT2D eigenvalue weighted by atomic mass is 10.1. The Labute approximate surface area is 120 Å². The molecule has 0 radical (unpaired) electrons. The number of aromatic nitrogens is 2. The molecular weight excluding hydrogens is 278 g/mol. The fraction of sp³-hybridized carbons (Fsp3) is 0.429. The highest BCUT2D eigenvalue weighted by molar-refractivity contribution is 5.77. The van der Waals surface area contributed by atoms with Crippen LogP contribution in [-0.2, 0) is 17.9 Å². The molecule has 1 amide bonds. The first-order chi connectivity index (χ1) is 9.99. The summed E-state index contributed by atoms with van der Waals surface area (Å²) >= 11 is 0. The lowest BCUT2D eigenvalue weighted by Crippen LogP contribution is -2.26. The molecule has 2 rings (SSSR count). The highest BCUT2D eigenvalue weighted by Gasteiger charge is 2.18. The minimum Gasteiger partial charge on any atom is -0.352 e. The third-order valence-corrected chi connectivity index (χ3v) is 3.22. The van der Waals surface area contributed by atoms with Gasteiger partial charge in [0.1, 0.15) is 5.82 Å². The van der Waals surface area contributed by atoms with Gasteiger partial charge in [-0.1, -0.05) is 13.0 Å². The van der Waals surface area contributed by atoms with E-state index in [1.807, 2.05) is 18.2 Å². The van der Waals surface area contributed by atoms with Gasteiger partial charge in [-0.05, 0) is 17.7 Å². The van der Waals surface area contributed by atoms with Gasteiger partial charge in [0, 0.05) is 18.9 Å². The quantitative estimate of drug-likeness (QED) is 0.761. The van der Waals surface area contributed by atoms with Crippen molar-refractivity contribution < 1.29 is 13.6 Å². The molecule has 0 aliphatic carbocycles. The number of nitrogens with two attached hydrogens (primary N) is 1. The van der Waals surface area contributed by atoms with Crippen LogP contribution >= 0.6 is 0 Å². The first kappa shape index (κ1) is 15.4. The number of carbonyl (C=O) groups is 1. The molecule has 0 aliphatic heterocycles. The van der Waals surface area contributed by atoms with E-state index in [4.69, 9.17) is 5.73 Å². The molecule has 0 saturated heterocycles. The topological polar surface area (TPSA) is 83.8 Å². The number of aromatic amines is 1. The molecule has 114 valence electrons. The largest absolute Gasteiger partial charge is 0.352 e. The molecule has 1 heterocycles. The van der Waals surface area contributed by atoms with Crippen molar-refractivity contribution in [1.29, 1.82) is 0 Å². The zero-order valence-electron chi connectivity index (χ0n) is 11.7. The predicted molar refractivity (Wildman–Crippen MR) is 75.6 cm³/mol. The summed E-state index contributed by atoms with van der Waals surface area (Å²) in [6, 6.07) is 5.52. The first-order valence-electron chi connectivity index (χ1n) is 6.72. The number of amides is 1. The van der Waals surface area contributed by atoms with Crippen LogP contribution < -0.4 is 11.1 Å². The summed E-state index contributed by atoms with van der Waals surface area (Å²) in [4.78, 5) is 18.9. The number of hydrogen-bond donors (Lipinski definition) is 3. The van der Waals surface area contributed by atoms with Crippen molar-refractivity contribution in [3.05, 3.63) is 29.6 Å². The van der Waals surface area contributed by atoms with Crippen LogP contribution in [0.5, 0.6) is 0 Å². The average molecular weight is 296 g/mol. The van der Waals surface area contributed by atoms with Crippen molar-refractivity contribution in [3.8, 4) is 0 Å². The van der Waals surface area contributed by atoms with Gasteiger partial charge < -0.3 is 16.0 Å². The van der Waals surface area contributed by atoms with E-state index in [-0.39, 0.29) is 12.3 Å². The van der Waals surface area contributed by atoms with Gasteiger partial charge in [0.05, 0.1) is 17.6 Å². The Morgan fingerprint density at radius 1 is 1.48 bits per heavy atom. The van der Waals surface area contributed by atoms with E-state index in [1.54, 1.807) is 0 Å². The van der Waals surface area contributed by atoms with Crippen LogP contribution in [0.1, 0.15) is 24.7 Å². The highest BCUT2D eigenvalue weighted by Crippen LogP contribution is 2.15. The smallest absolute Gasteiger partial charge is 0.241 e. The van der Waals surface area contributed by atoms with Crippen LogP contribution in [0.2, 0.25) is 0 Å². The minimum atomic E-state index is -2.48. The first-order valence-corrected chi connectivity index (χ1v) is 6.72. The number of imidazole rings is 1.